The van der Waals surface area contributed by atoms with E-state index in [1.54, 1.807) is 13.0 Å². The number of rotatable bonds is 4. The van der Waals surface area contributed by atoms with Crippen molar-refractivity contribution in [3.05, 3.63) is 69.2 Å². The summed E-state index contributed by atoms with van der Waals surface area (Å²) in [5, 5.41) is 0. The van der Waals surface area contributed by atoms with E-state index in [0.29, 0.717) is 5.69 Å². The van der Waals surface area contributed by atoms with Crippen LogP contribution in [0.1, 0.15) is 29.1 Å². The van der Waals surface area contributed by atoms with Crippen molar-refractivity contribution in [2.75, 3.05) is 6.61 Å². The third-order valence-corrected chi connectivity index (χ3v) is 5.13. The highest BCUT2D eigenvalue weighted by molar-refractivity contribution is 9.10. The first kappa shape index (κ1) is 19.6. The molecule has 0 saturated heterocycles. The van der Waals surface area contributed by atoms with Crippen LogP contribution in [0.3, 0.4) is 0 Å². The quantitative estimate of drug-likeness (QED) is 0.410. The maximum absolute atomic E-state index is 12.5. The number of benzene rings is 2. The molecule has 3 rings (SSSR count). The number of hydrogen-bond donors (Lipinski definition) is 0. The maximum Gasteiger partial charge on any atom is 0.355 e. The van der Waals surface area contributed by atoms with Gasteiger partial charge in [-0.05, 0) is 48.4 Å². The maximum atomic E-state index is 12.5. The molecule has 138 valence electrons. The number of nitrogens with zero attached hydrogens (tertiary/aromatic N) is 1. The molecule has 6 heteroatoms. The molecule has 1 heterocycles. The smallest absolute Gasteiger partial charge is 0.355 e. The van der Waals surface area contributed by atoms with Gasteiger partial charge < -0.3 is 4.74 Å². The van der Waals surface area contributed by atoms with Gasteiger partial charge >= 0.3 is 5.97 Å². The summed E-state index contributed by atoms with van der Waals surface area (Å²) in [6, 6.07) is 17.1. The summed E-state index contributed by atoms with van der Waals surface area (Å²) in [7, 11) is 0. The second-order valence-electron chi connectivity index (χ2n) is 5.88. The van der Waals surface area contributed by atoms with E-state index < -0.39 is 5.97 Å². The average Bonchev–Trinajstić information content (AvgIpc) is 3.04. The average molecular weight is 491 g/mol. The molecule has 0 radical (unpaired) electrons. The van der Waals surface area contributed by atoms with Crippen LogP contribution in [0.4, 0.5) is 0 Å². The van der Waals surface area contributed by atoms with E-state index in [-0.39, 0.29) is 18.2 Å². The predicted octanol–water partition coefficient (Wildman–Crippen LogP) is 6.18. The van der Waals surface area contributed by atoms with Crippen molar-refractivity contribution in [1.82, 2.24) is 4.57 Å². The van der Waals surface area contributed by atoms with Gasteiger partial charge in [-0.25, -0.2) is 4.79 Å². The molecule has 0 atom stereocenters. The fourth-order valence-electron chi connectivity index (χ4n) is 2.93. The van der Waals surface area contributed by atoms with Crippen LogP contribution in [0.25, 0.3) is 22.4 Å². The van der Waals surface area contributed by atoms with Crippen LogP contribution < -0.4 is 0 Å². The highest BCUT2D eigenvalue weighted by atomic mass is 79.9. The number of ether oxygens (including phenoxy) is 1. The van der Waals surface area contributed by atoms with Gasteiger partial charge in [0.05, 0.1) is 12.3 Å². The van der Waals surface area contributed by atoms with Crippen molar-refractivity contribution < 1.29 is 14.3 Å². The Balaban J connectivity index is 2.32. The Morgan fingerprint density at radius 2 is 1.44 bits per heavy atom. The van der Waals surface area contributed by atoms with E-state index in [1.165, 1.54) is 11.5 Å². The topological polar surface area (TPSA) is 48.3 Å². The van der Waals surface area contributed by atoms with Crippen molar-refractivity contribution in [1.29, 1.82) is 0 Å². The van der Waals surface area contributed by atoms with Crippen molar-refractivity contribution >= 4 is 43.7 Å². The first-order valence-corrected chi connectivity index (χ1v) is 9.96. The zero-order chi connectivity index (χ0) is 19.6. The van der Waals surface area contributed by atoms with Gasteiger partial charge in [0.2, 0.25) is 5.91 Å². The van der Waals surface area contributed by atoms with E-state index in [9.17, 15) is 9.59 Å². The number of hydrogen-bond acceptors (Lipinski definition) is 3. The minimum absolute atomic E-state index is 0.222. The van der Waals surface area contributed by atoms with Gasteiger partial charge in [-0.15, -0.1) is 0 Å². The van der Waals surface area contributed by atoms with Gasteiger partial charge in [0.1, 0.15) is 5.69 Å². The normalized spacial score (nSPS) is 10.7. The fraction of sp³-hybridized carbons (Fsp3) is 0.143. The van der Waals surface area contributed by atoms with E-state index in [1.807, 2.05) is 48.5 Å². The number of halogens is 2. The van der Waals surface area contributed by atoms with Crippen LogP contribution in [0.15, 0.2) is 63.5 Å². The molecule has 0 aliphatic carbocycles. The Morgan fingerprint density at radius 3 is 1.93 bits per heavy atom. The van der Waals surface area contributed by atoms with E-state index in [4.69, 9.17) is 4.74 Å². The second-order valence-corrected chi connectivity index (χ2v) is 7.71. The van der Waals surface area contributed by atoms with Crippen LogP contribution in [0.2, 0.25) is 0 Å². The van der Waals surface area contributed by atoms with Crippen molar-refractivity contribution in [2.24, 2.45) is 0 Å². The molecule has 0 N–H and O–H groups in total. The first-order chi connectivity index (χ1) is 12.9. The third-order valence-electron chi connectivity index (χ3n) is 4.07. The summed E-state index contributed by atoms with van der Waals surface area (Å²) in [6.07, 6.45) is 0. The van der Waals surface area contributed by atoms with Crippen molar-refractivity contribution in [3.63, 3.8) is 0 Å². The molecule has 0 bridgehead atoms. The van der Waals surface area contributed by atoms with Crippen LogP contribution in [0.5, 0.6) is 0 Å². The van der Waals surface area contributed by atoms with Gasteiger partial charge in [-0.2, -0.15) is 0 Å². The highest BCUT2D eigenvalue weighted by Gasteiger charge is 2.25. The number of esters is 1. The van der Waals surface area contributed by atoms with E-state index >= 15 is 0 Å². The molecule has 1 aromatic heterocycles. The molecule has 0 amide bonds. The van der Waals surface area contributed by atoms with E-state index in [2.05, 4.69) is 31.9 Å². The minimum atomic E-state index is -0.519. The first-order valence-electron chi connectivity index (χ1n) is 8.38. The summed E-state index contributed by atoms with van der Waals surface area (Å²) in [5.41, 5.74) is 3.42. The molecule has 0 unspecified atom stereocenters. The van der Waals surface area contributed by atoms with E-state index in [0.717, 1.165) is 25.6 Å². The summed E-state index contributed by atoms with van der Waals surface area (Å²) < 4.78 is 8.48. The van der Waals surface area contributed by atoms with Gasteiger partial charge in [0, 0.05) is 21.4 Å². The molecule has 0 saturated carbocycles. The zero-order valence-electron chi connectivity index (χ0n) is 14.8. The Morgan fingerprint density at radius 1 is 0.926 bits per heavy atom. The largest absolute Gasteiger partial charge is 0.461 e. The summed E-state index contributed by atoms with van der Waals surface area (Å²) in [5.74, 6) is -0.770. The molecule has 4 nitrogen and oxygen atoms in total. The predicted molar refractivity (Wildman–Crippen MR) is 113 cm³/mol. The molecule has 3 aromatic rings. The Labute approximate surface area is 174 Å². The lowest BCUT2D eigenvalue weighted by Crippen LogP contribution is -2.17. The molecule has 0 aliphatic rings. The summed E-state index contributed by atoms with van der Waals surface area (Å²) in [6.45, 7) is 3.42. The van der Waals surface area contributed by atoms with Crippen LogP contribution in [-0.2, 0) is 4.74 Å². The lowest BCUT2D eigenvalue weighted by atomic mass is 10.0. The van der Waals surface area contributed by atoms with Gasteiger partial charge in [0.15, 0.2) is 0 Å². The highest BCUT2D eigenvalue weighted by Crippen LogP contribution is 2.36. The minimum Gasteiger partial charge on any atom is -0.461 e. The third kappa shape index (κ3) is 4.06. The number of carbonyl (C=O) groups is 2. The molecule has 27 heavy (non-hydrogen) atoms. The van der Waals surface area contributed by atoms with Gasteiger partial charge in [-0.1, -0.05) is 56.1 Å². The lowest BCUT2D eigenvalue weighted by molar-refractivity contribution is 0.0509. The van der Waals surface area contributed by atoms with Crippen molar-refractivity contribution in [3.8, 4) is 22.4 Å². The van der Waals surface area contributed by atoms with Gasteiger partial charge in [-0.3, -0.25) is 9.36 Å². The zero-order valence-corrected chi connectivity index (χ0v) is 18.0. The molecular weight excluding hydrogens is 474 g/mol. The van der Waals surface area contributed by atoms with Crippen LogP contribution in [0, 0.1) is 0 Å². The van der Waals surface area contributed by atoms with Crippen LogP contribution in [-0.4, -0.2) is 23.1 Å². The molecule has 2 aromatic carbocycles. The molecule has 0 aliphatic heterocycles. The SMILES string of the molecule is CCOC(=O)c1cc(-c2ccc(Br)cc2)c(-c2ccc(Br)cc2)n1C(C)=O. The Kier molecular flexibility index (Phi) is 5.97. The summed E-state index contributed by atoms with van der Waals surface area (Å²) in [4.78, 5) is 25.0. The Bertz CT molecular complexity index is 990. The monoisotopic (exact) mass is 489 g/mol. The fourth-order valence-corrected chi connectivity index (χ4v) is 3.46. The van der Waals surface area contributed by atoms with Gasteiger partial charge in [0.25, 0.3) is 0 Å². The number of carbonyl (C=O) groups excluding carboxylic acids is 2. The standard InChI is InChI=1S/C21H17Br2NO3/c1-3-27-21(26)19-12-18(14-4-8-16(22)9-5-14)20(24(19)13(2)25)15-6-10-17(23)11-7-15/h4-12H,3H2,1-2H3. The molecule has 0 spiro atoms. The number of aromatic nitrogens is 1. The molecular formula is C21H17Br2NO3. The molecule has 0 fully saturated rings. The lowest BCUT2D eigenvalue weighted by Gasteiger charge is -2.12. The summed E-state index contributed by atoms with van der Waals surface area (Å²) >= 11 is 6.87. The van der Waals surface area contributed by atoms with Crippen molar-refractivity contribution in [2.45, 2.75) is 13.8 Å². The van der Waals surface area contributed by atoms with Crippen LogP contribution >= 0.6 is 31.9 Å². The second kappa shape index (κ2) is 8.23. The Hall–Kier alpha value is -2.18.